The zero-order valence-electron chi connectivity index (χ0n) is 45.0. The number of carbonyl (C=O) groups is 2. The number of ether oxygens (including phenoxy) is 1. The summed E-state index contributed by atoms with van der Waals surface area (Å²) < 4.78 is 11.7. The second-order valence-corrected chi connectivity index (χ2v) is 19.5. The fourth-order valence-electron chi connectivity index (χ4n) is 6.52. The van der Waals surface area contributed by atoms with Gasteiger partial charge in [-0.3, -0.25) is 9.78 Å². The second kappa shape index (κ2) is 30.5. The van der Waals surface area contributed by atoms with Gasteiger partial charge in [0.05, 0.1) is 48.2 Å². The van der Waals surface area contributed by atoms with Crippen LogP contribution in [-0.2, 0) is 32.5 Å². The molecule has 0 aliphatic rings. The van der Waals surface area contributed by atoms with E-state index in [4.69, 9.17) is 5.11 Å². The zero-order chi connectivity index (χ0) is 52.7. The number of nitrogens with zero attached hydrogens (tertiary/aromatic N) is 11. The number of aromatic nitrogens is 11. The Bertz CT molecular complexity index is 2550. The molecule has 0 radical (unpaired) electrons. The predicted molar refractivity (Wildman–Crippen MR) is 283 cm³/mol. The zero-order valence-corrected chi connectivity index (χ0v) is 45.8. The van der Waals surface area contributed by atoms with Crippen molar-refractivity contribution in [2.75, 3.05) is 34.3 Å². The standard InChI is InChI=1S/C11H20N4O.C10H11NS.C9H14N2O2.C8H14N2O.C7H12N2.C7H10N2/c1-8(2)10-13-7-9(14-10)11(16)12-5-6-15(3)4;1-7(2)8-3-5-11-9-4-6-12-10(8)9;1-6(2)8-10-5-7(11(8)3)9(12)13-4;1-6(2)8-9-4-7(5-11)10(8)3;1-6(2)7-8-4-5-9(7)3;1-6(2)7-8-4-3-5-9-7/h7-8H,5-6H2,1-4H3,(H,12,16)(H,13,14);3-7H,1-2H3;5-6H,1-4H3;4,6,11H,5H2,1-3H3;4-6H,1-3H3;3-6H,1-2H3. The van der Waals surface area contributed by atoms with E-state index in [0.717, 1.165) is 46.9 Å². The molecule has 0 aliphatic heterocycles. The Labute approximate surface area is 420 Å². The van der Waals surface area contributed by atoms with Gasteiger partial charge in [-0.25, -0.2) is 34.7 Å². The molecule has 7 aromatic rings. The van der Waals surface area contributed by atoms with Crippen LogP contribution in [0.5, 0.6) is 0 Å². The number of amides is 1. The van der Waals surface area contributed by atoms with Crippen molar-refractivity contribution in [1.29, 1.82) is 0 Å². The molecule has 7 heterocycles. The number of hydrogen-bond donors (Lipinski definition) is 3. The van der Waals surface area contributed by atoms with Crippen LogP contribution in [0, 0.1) is 0 Å². The molecule has 0 bridgehead atoms. The number of imidazole rings is 4. The van der Waals surface area contributed by atoms with Gasteiger partial charge in [0.25, 0.3) is 5.91 Å². The van der Waals surface area contributed by atoms with Gasteiger partial charge in [0.15, 0.2) is 0 Å². The van der Waals surface area contributed by atoms with Crippen LogP contribution in [0.3, 0.4) is 0 Å². The summed E-state index contributed by atoms with van der Waals surface area (Å²) in [5.74, 6) is 6.97. The van der Waals surface area contributed by atoms with Gasteiger partial charge >= 0.3 is 5.97 Å². The number of aryl methyl sites for hydroxylation is 1. The smallest absolute Gasteiger partial charge is 0.356 e. The summed E-state index contributed by atoms with van der Waals surface area (Å²) in [6.07, 6.45) is 14.1. The molecule has 0 atom stereocenters. The normalized spacial score (nSPS) is 10.8. The lowest BCUT2D eigenvalue weighted by Crippen LogP contribution is -2.31. The number of carbonyl (C=O) groups excluding carboxylic acids is 2. The number of hydrogen-bond acceptors (Lipinski definition) is 13. The van der Waals surface area contributed by atoms with Crippen molar-refractivity contribution in [2.45, 2.75) is 125 Å². The maximum absolute atomic E-state index is 11.7. The van der Waals surface area contributed by atoms with Crippen LogP contribution in [0.2, 0.25) is 0 Å². The molecule has 0 saturated heterocycles. The van der Waals surface area contributed by atoms with Gasteiger partial charge in [0.2, 0.25) is 0 Å². The van der Waals surface area contributed by atoms with Gasteiger partial charge in [-0.2, -0.15) is 0 Å². The number of esters is 1. The topological polar surface area (TPSA) is 200 Å². The number of fused-ring (bicyclic) bond motifs is 1. The Hall–Kier alpha value is -6.11. The molecule has 0 saturated carbocycles. The molecule has 7 rings (SSSR count). The number of pyridine rings is 1. The molecule has 17 nitrogen and oxygen atoms in total. The number of thiophene rings is 1. The molecule has 0 spiro atoms. The Morgan fingerprint density at radius 2 is 1.33 bits per heavy atom. The number of aliphatic hydroxyl groups excluding tert-OH is 1. The summed E-state index contributed by atoms with van der Waals surface area (Å²) in [4.78, 5) is 57.0. The van der Waals surface area contributed by atoms with Crippen molar-refractivity contribution in [1.82, 2.24) is 63.8 Å². The first kappa shape index (κ1) is 60.0. The summed E-state index contributed by atoms with van der Waals surface area (Å²) >= 11 is 1.78. The third-order valence-electron chi connectivity index (χ3n) is 10.4. The monoisotopic (exact) mass is 984 g/mol. The fraction of sp³-hybridized carbons (Fsp3) is 0.519. The van der Waals surface area contributed by atoms with Crippen LogP contribution in [0.15, 0.2) is 73.2 Å². The van der Waals surface area contributed by atoms with Gasteiger partial charge < -0.3 is 38.7 Å². The van der Waals surface area contributed by atoms with Crippen molar-refractivity contribution in [3.63, 3.8) is 0 Å². The molecule has 70 heavy (non-hydrogen) atoms. The van der Waals surface area contributed by atoms with Crippen molar-refractivity contribution in [2.24, 2.45) is 21.1 Å². The molecule has 0 unspecified atom stereocenters. The molecule has 0 aromatic carbocycles. The number of H-pyrrole nitrogens is 1. The first-order chi connectivity index (χ1) is 33.0. The number of rotatable bonds is 12. The first-order valence-electron chi connectivity index (χ1n) is 23.8. The van der Waals surface area contributed by atoms with E-state index in [1.807, 2.05) is 102 Å². The van der Waals surface area contributed by atoms with E-state index >= 15 is 0 Å². The molecule has 3 N–H and O–H groups in total. The van der Waals surface area contributed by atoms with Crippen LogP contribution in [0.4, 0.5) is 0 Å². The fourth-order valence-corrected chi connectivity index (χ4v) is 7.54. The second-order valence-electron chi connectivity index (χ2n) is 18.6. The summed E-state index contributed by atoms with van der Waals surface area (Å²) in [5.41, 5.74) is 4.43. The van der Waals surface area contributed by atoms with Crippen LogP contribution < -0.4 is 5.32 Å². The summed E-state index contributed by atoms with van der Waals surface area (Å²) in [5, 5.41) is 13.8. The molecular formula is C52H81N13O4S. The van der Waals surface area contributed by atoms with Gasteiger partial charge in [-0.1, -0.05) is 83.1 Å². The Morgan fingerprint density at radius 1 is 0.714 bits per heavy atom. The highest BCUT2D eigenvalue weighted by Gasteiger charge is 2.16. The highest BCUT2D eigenvalue weighted by Crippen LogP contribution is 2.28. The van der Waals surface area contributed by atoms with E-state index in [1.54, 1.807) is 46.9 Å². The number of methoxy groups -OCH3 is 1. The van der Waals surface area contributed by atoms with Crippen LogP contribution in [0.25, 0.3) is 10.2 Å². The van der Waals surface area contributed by atoms with Gasteiger partial charge in [-0.05, 0) is 49.2 Å². The van der Waals surface area contributed by atoms with Crippen molar-refractivity contribution in [3.8, 4) is 0 Å². The van der Waals surface area contributed by atoms with E-state index in [0.29, 0.717) is 53.4 Å². The van der Waals surface area contributed by atoms with E-state index in [2.05, 4.69) is 123 Å². The van der Waals surface area contributed by atoms with Gasteiger partial charge in [0.1, 0.15) is 40.5 Å². The van der Waals surface area contributed by atoms with E-state index in [-0.39, 0.29) is 18.5 Å². The quantitative estimate of drug-likeness (QED) is 0.0981. The Morgan fingerprint density at radius 3 is 1.76 bits per heavy atom. The summed E-state index contributed by atoms with van der Waals surface area (Å²) in [7, 11) is 11.1. The molecule has 7 aromatic heterocycles. The predicted octanol–water partition coefficient (Wildman–Crippen LogP) is 9.75. The number of aliphatic hydroxyl groups is 1. The molecule has 384 valence electrons. The molecule has 0 aliphatic carbocycles. The average Bonchev–Trinajstić information content (AvgIpc) is 4.18. The number of aromatic amines is 1. The maximum atomic E-state index is 11.7. The third-order valence-corrected chi connectivity index (χ3v) is 11.4. The highest BCUT2D eigenvalue weighted by molar-refractivity contribution is 7.17. The minimum atomic E-state index is -0.345. The minimum absolute atomic E-state index is 0.0657. The average molecular weight is 984 g/mol. The SMILES string of the molecule is CC(C)c1ccnc2ccsc12.CC(C)c1ncc(C(=O)NCCN(C)C)[nH]1.CC(C)c1ncc(CO)n1C.CC(C)c1ncccn1.CC(C)c1nccn1C.COC(=O)c1cnc(C(C)C)n1C. The minimum Gasteiger partial charge on any atom is -0.464 e. The number of likely N-dealkylation sites (N-methyl/N-ethyl adjacent to an activating group) is 1. The largest absolute Gasteiger partial charge is 0.464 e. The van der Waals surface area contributed by atoms with Crippen molar-refractivity contribution < 1.29 is 19.4 Å². The first-order valence-corrected chi connectivity index (χ1v) is 24.7. The lowest BCUT2D eigenvalue weighted by Gasteiger charge is -2.09. The highest BCUT2D eigenvalue weighted by atomic mass is 32.1. The lowest BCUT2D eigenvalue weighted by molar-refractivity contribution is 0.0589. The molecule has 1 amide bonds. The maximum Gasteiger partial charge on any atom is 0.356 e. The Kier molecular flexibility index (Phi) is 26.1. The van der Waals surface area contributed by atoms with Crippen LogP contribution >= 0.6 is 11.3 Å². The summed E-state index contributed by atoms with van der Waals surface area (Å²) in [6.45, 7) is 26.7. The molecule has 18 heteroatoms. The molecule has 0 fully saturated rings. The van der Waals surface area contributed by atoms with Crippen LogP contribution in [0.1, 0.15) is 180 Å². The Balaban J connectivity index is 0.000000291. The van der Waals surface area contributed by atoms with Gasteiger partial charge in [0, 0.05) is 94.8 Å². The van der Waals surface area contributed by atoms with E-state index < -0.39 is 0 Å². The van der Waals surface area contributed by atoms with E-state index in [9.17, 15) is 9.59 Å². The lowest BCUT2D eigenvalue weighted by atomic mass is 10.0. The molecular weight excluding hydrogens is 903 g/mol. The van der Waals surface area contributed by atoms with Crippen molar-refractivity contribution >= 4 is 33.4 Å². The van der Waals surface area contributed by atoms with Gasteiger partial charge in [-0.15, -0.1) is 11.3 Å². The van der Waals surface area contributed by atoms with E-state index in [1.165, 1.54) is 17.4 Å². The van der Waals surface area contributed by atoms with Crippen LogP contribution in [-0.4, -0.2) is 110 Å². The van der Waals surface area contributed by atoms with Crippen molar-refractivity contribution in [3.05, 3.63) is 125 Å². The third kappa shape index (κ3) is 19.4. The summed E-state index contributed by atoms with van der Waals surface area (Å²) in [6, 6.07) is 6.02. The number of nitrogens with one attached hydrogen (secondary N) is 2.